The minimum Gasteiger partial charge on any atom is -0.377 e. The maximum atomic E-state index is 13.1. The van der Waals surface area contributed by atoms with Gasteiger partial charge >= 0.3 is 6.18 Å². The lowest BCUT2D eigenvalue weighted by Crippen LogP contribution is -2.37. The Kier molecular flexibility index (Phi) is 6.29. The third kappa shape index (κ3) is 4.90. The Morgan fingerprint density at radius 1 is 1.16 bits per heavy atom. The molecule has 2 fully saturated rings. The van der Waals surface area contributed by atoms with E-state index in [0.717, 1.165) is 57.8 Å². The fourth-order valence-electron chi connectivity index (χ4n) is 4.13. The number of hydrogen-bond acceptors (Lipinski definition) is 5. The Morgan fingerprint density at radius 2 is 2.00 bits per heavy atom. The highest BCUT2D eigenvalue weighted by Crippen LogP contribution is 2.29. The normalized spacial score (nSPS) is 20.8. The van der Waals surface area contributed by atoms with Gasteiger partial charge in [-0.2, -0.15) is 18.3 Å². The van der Waals surface area contributed by atoms with Crippen molar-refractivity contribution in [1.82, 2.24) is 24.6 Å². The molecular formula is C21H26F3N5O2. The van der Waals surface area contributed by atoms with Crippen LogP contribution in [0.2, 0.25) is 0 Å². The van der Waals surface area contributed by atoms with Crippen molar-refractivity contribution in [2.75, 3.05) is 39.3 Å². The number of hydrogen-bond donors (Lipinski definition) is 0. The van der Waals surface area contributed by atoms with Crippen LogP contribution in [0, 0.1) is 6.92 Å². The number of carbonyl (C=O) groups is 1. The highest BCUT2D eigenvalue weighted by molar-refractivity contribution is 5.95. The Hall–Kier alpha value is -2.46. The fourth-order valence-corrected chi connectivity index (χ4v) is 4.13. The summed E-state index contributed by atoms with van der Waals surface area (Å²) in [6, 6.07) is 2.22. The predicted octanol–water partition coefficient (Wildman–Crippen LogP) is 2.92. The molecule has 10 heteroatoms. The van der Waals surface area contributed by atoms with Gasteiger partial charge in [0.2, 0.25) is 0 Å². The van der Waals surface area contributed by atoms with Gasteiger partial charge in [-0.05, 0) is 44.9 Å². The monoisotopic (exact) mass is 437 g/mol. The molecule has 0 spiro atoms. The molecule has 1 atom stereocenters. The second-order valence-electron chi connectivity index (χ2n) is 8.04. The molecular weight excluding hydrogens is 411 g/mol. The zero-order valence-electron chi connectivity index (χ0n) is 17.4. The molecule has 0 saturated carbocycles. The van der Waals surface area contributed by atoms with Gasteiger partial charge in [0.05, 0.1) is 29.1 Å². The third-order valence-corrected chi connectivity index (χ3v) is 5.89. The van der Waals surface area contributed by atoms with E-state index in [4.69, 9.17) is 4.74 Å². The summed E-state index contributed by atoms with van der Waals surface area (Å²) >= 11 is 0. The second kappa shape index (κ2) is 8.96. The topological polar surface area (TPSA) is 63.5 Å². The number of ether oxygens (including phenoxy) is 1. The van der Waals surface area contributed by atoms with Gasteiger partial charge in [-0.25, -0.2) is 9.67 Å². The summed E-state index contributed by atoms with van der Waals surface area (Å²) in [6.45, 7) is 6.45. The molecule has 4 heterocycles. The van der Waals surface area contributed by atoms with E-state index < -0.39 is 11.7 Å². The Bertz CT molecular complexity index is 907. The van der Waals surface area contributed by atoms with Crippen LogP contribution < -0.4 is 0 Å². The van der Waals surface area contributed by atoms with Crippen molar-refractivity contribution in [1.29, 1.82) is 0 Å². The second-order valence-corrected chi connectivity index (χ2v) is 8.04. The molecule has 2 saturated heterocycles. The van der Waals surface area contributed by atoms with E-state index in [9.17, 15) is 18.0 Å². The maximum absolute atomic E-state index is 13.1. The van der Waals surface area contributed by atoms with Crippen LogP contribution in [0.1, 0.15) is 40.9 Å². The summed E-state index contributed by atoms with van der Waals surface area (Å²) in [5.41, 5.74) is 0.168. The van der Waals surface area contributed by atoms with Gasteiger partial charge < -0.3 is 9.64 Å². The number of carbonyl (C=O) groups excluding carboxylic acids is 1. The molecule has 168 valence electrons. The summed E-state index contributed by atoms with van der Waals surface area (Å²) in [5, 5.41) is 4.20. The van der Waals surface area contributed by atoms with Crippen molar-refractivity contribution in [2.24, 2.45) is 0 Å². The largest absolute Gasteiger partial charge is 0.417 e. The first-order chi connectivity index (χ1) is 14.8. The van der Waals surface area contributed by atoms with Crippen LogP contribution in [0.5, 0.6) is 0 Å². The average Bonchev–Trinajstić information content (AvgIpc) is 3.32. The number of halogens is 3. The molecule has 0 radical (unpaired) electrons. The highest BCUT2D eigenvalue weighted by Gasteiger charge is 2.31. The first kappa shape index (κ1) is 21.8. The van der Waals surface area contributed by atoms with Crippen LogP contribution >= 0.6 is 0 Å². The first-order valence-electron chi connectivity index (χ1n) is 10.5. The molecule has 1 amide bonds. The van der Waals surface area contributed by atoms with Crippen LogP contribution in [-0.2, 0) is 10.9 Å². The number of rotatable bonds is 4. The maximum Gasteiger partial charge on any atom is 0.417 e. The molecule has 31 heavy (non-hydrogen) atoms. The van der Waals surface area contributed by atoms with E-state index in [-0.39, 0.29) is 11.7 Å². The quantitative estimate of drug-likeness (QED) is 0.736. The van der Waals surface area contributed by atoms with Gasteiger partial charge in [-0.15, -0.1) is 0 Å². The van der Waals surface area contributed by atoms with Gasteiger partial charge in [0, 0.05) is 39.0 Å². The molecule has 0 aliphatic carbocycles. The molecule has 2 aliphatic rings. The molecule has 2 aromatic heterocycles. The van der Waals surface area contributed by atoms with E-state index in [2.05, 4.69) is 15.0 Å². The van der Waals surface area contributed by atoms with Crippen molar-refractivity contribution < 1.29 is 22.7 Å². The van der Waals surface area contributed by atoms with Crippen molar-refractivity contribution in [3.63, 3.8) is 0 Å². The summed E-state index contributed by atoms with van der Waals surface area (Å²) in [4.78, 5) is 21.2. The van der Waals surface area contributed by atoms with Gasteiger partial charge in [-0.3, -0.25) is 9.69 Å². The summed E-state index contributed by atoms with van der Waals surface area (Å²) < 4.78 is 45.4. The minimum atomic E-state index is -4.45. The lowest BCUT2D eigenvalue weighted by Gasteiger charge is -2.24. The van der Waals surface area contributed by atoms with Crippen LogP contribution in [0.3, 0.4) is 0 Å². The summed E-state index contributed by atoms with van der Waals surface area (Å²) in [7, 11) is 0. The molecule has 2 aromatic rings. The van der Waals surface area contributed by atoms with E-state index in [1.54, 1.807) is 6.92 Å². The SMILES string of the molecule is Cc1c(C(=O)N2CCCN(CC3CCCO3)CC2)cnn1-c1ccc(C(F)(F)F)cn1. The molecule has 0 aromatic carbocycles. The van der Waals surface area contributed by atoms with E-state index in [1.165, 1.54) is 16.9 Å². The Morgan fingerprint density at radius 3 is 2.68 bits per heavy atom. The lowest BCUT2D eigenvalue weighted by molar-refractivity contribution is -0.137. The van der Waals surface area contributed by atoms with Gasteiger partial charge in [0.1, 0.15) is 0 Å². The predicted molar refractivity (Wildman–Crippen MR) is 107 cm³/mol. The third-order valence-electron chi connectivity index (χ3n) is 5.89. The molecule has 7 nitrogen and oxygen atoms in total. The van der Waals surface area contributed by atoms with E-state index >= 15 is 0 Å². The first-order valence-corrected chi connectivity index (χ1v) is 10.5. The van der Waals surface area contributed by atoms with Crippen LogP contribution in [-0.4, -0.2) is 75.9 Å². The minimum absolute atomic E-state index is 0.116. The summed E-state index contributed by atoms with van der Waals surface area (Å²) in [5.74, 6) is 0.123. The molecule has 0 N–H and O–H groups in total. The van der Waals surface area contributed by atoms with Crippen LogP contribution in [0.4, 0.5) is 13.2 Å². The van der Waals surface area contributed by atoms with E-state index in [0.29, 0.717) is 30.5 Å². The van der Waals surface area contributed by atoms with Gasteiger partial charge in [-0.1, -0.05) is 0 Å². The lowest BCUT2D eigenvalue weighted by atomic mass is 10.2. The number of aromatic nitrogens is 3. The summed E-state index contributed by atoms with van der Waals surface area (Å²) in [6.07, 6.45) is 1.17. The van der Waals surface area contributed by atoms with Gasteiger partial charge in [0.25, 0.3) is 5.91 Å². The fraction of sp³-hybridized carbons (Fsp3) is 0.571. The van der Waals surface area contributed by atoms with Crippen molar-refractivity contribution in [2.45, 2.75) is 38.5 Å². The number of pyridine rings is 1. The highest BCUT2D eigenvalue weighted by atomic mass is 19.4. The smallest absolute Gasteiger partial charge is 0.377 e. The molecule has 2 aliphatic heterocycles. The average molecular weight is 437 g/mol. The molecule has 0 bridgehead atoms. The Balaban J connectivity index is 1.43. The number of nitrogens with zero attached hydrogens (tertiary/aromatic N) is 5. The standard InChI is InChI=1S/C21H26F3N5O2/c1-15-18(13-26-29(15)19-6-5-16(12-25-19)21(22,23)24)20(30)28-8-3-7-27(9-10-28)14-17-4-2-11-31-17/h5-6,12-13,17H,2-4,7-11,14H2,1H3. The van der Waals surface area contributed by atoms with Crippen LogP contribution in [0.25, 0.3) is 5.82 Å². The van der Waals surface area contributed by atoms with Gasteiger partial charge in [0.15, 0.2) is 5.82 Å². The molecule has 1 unspecified atom stereocenters. The molecule has 4 rings (SSSR count). The Labute approximate surface area is 178 Å². The van der Waals surface area contributed by atoms with Crippen molar-refractivity contribution in [3.05, 3.63) is 41.3 Å². The van der Waals surface area contributed by atoms with Crippen LogP contribution in [0.15, 0.2) is 24.5 Å². The zero-order valence-corrected chi connectivity index (χ0v) is 17.4. The zero-order chi connectivity index (χ0) is 22.0. The van der Waals surface area contributed by atoms with Crippen molar-refractivity contribution >= 4 is 5.91 Å². The van der Waals surface area contributed by atoms with Crippen molar-refractivity contribution in [3.8, 4) is 5.82 Å². The number of alkyl halides is 3. The van der Waals surface area contributed by atoms with E-state index in [1.807, 2.05) is 4.90 Å². The number of amides is 1.